The molecule has 0 bridgehead atoms. The van der Waals surface area contributed by atoms with Gasteiger partial charge in [0.25, 0.3) is 5.91 Å². The number of nitrogens with zero attached hydrogens (tertiary/aromatic N) is 2. The van der Waals surface area contributed by atoms with E-state index in [0.29, 0.717) is 26.1 Å². The number of carbonyl (C=O) groups excluding carboxylic acids is 2. The lowest BCUT2D eigenvalue weighted by atomic mass is 10.0. The number of esters is 1. The van der Waals surface area contributed by atoms with Crippen molar-refractivity contribution in [3.05, 3.63) is 95.1 Å². The number of ether oxygens (including phenoxy) is 1. The van der Waals surface area contributed by atoms with Crippen LogP contribution in [0.4, 0.5) is 5.69 Å². The van der Waals surface area contributed by atoms with Crippen molar-refractivity contribution in [1.29, 1.82) is 0 Å². The van der Waals surface area contributed by atoms with Crippen LogP contribution in [0.5, 0.6) is 0 Å². The molecule has 0 atom stereocenters. The van der Waals surface area contributed by atoms with Gasteiger partial charge in [-0.3, -0.25) is 4.79 Å². The first kappa shape index (κ1) is 22.3. The van der Waals surface area contributed by atoms with Crippen LogP contribution in [-0.4, -0.2) is 44.3 Å². The lowest BCUT2D eigenvalue weighted by Crippen LogP contribution is -2.36. The summed E-state index contributed by atoms with van der Waals surface area (Å²) in [6.07, 6.45) is 1.40. The van der Waals surface area contributed by atoms with Gasteiger partial charge in [0.05, 0.1) is 10.5 Å². The Morgan fingerprint density at radius 3 is 2.35 bits per heavy atom. The molecule has 2 aliphatic rings. The molecule has 5 rings (SSSR count). The molecule has 0 unspecified atom stereocenters. The van der Waals surface area contributed by atoms with Gasteiger partial charge in [-0.25, -0.2) is 13.2 Å². The highest BCUT2D eigenvalue weighted by molar-refractivity contribution is 7.89. The fourth-order valence-corrected chi connectivity index (χ4v) is 5.96. The number of sulfonamides is 1. The normalized spacial score (nSPS) is 15.5. The zero-order valence-electron chi connectivity index (χ0n) is 18.5. The average Bonchev–Trinajstić information content (AvgIpc) is 3.31. The minimum atomic E-state index is -3.79. The van der Waals surface area contributed by atoms with E-state index < -0.39 is 22.6 Å². The highest BCUT2D eigenvalue weighted by Crippen LogP contribution is 2.28. The Bertz CT molecular complexity index is 1370. The van der Waals surface area contributed by atoms with Gasteiger partial charge in [-0.1, -0.05) is 48.5 Å². The number of anilines is 1. The third kappa shape index (κ3) is 4.22. The molecule has 3 aromatic carbocycles. The Labute approximate surface area is 198 Å². The van der Waals surface area contributed by atoms with E-state index in [1.807, 2.05) is 48.5 Å². The van der Waals surface area contributed by atoms with Crippen LogP contribution in [0.2, 0.25) is 0 Å². The zero-order chi connectivity index (χ0) is 23.7. The van der Waals surface area contributed by atoms with E-state index in [1.165, 1.54) is 28.6 Å². The van der Waals surface area contributed by atoms with Gasteiger partial charge >= 0.3 is 5.97 Å². The Morgan fingerprint density at radius 1 is 0.824 bits per heavy atom. The second kappa shape index (κ2) is 9.04. The van der Waals surface area contributed by atoms with Crippen molar-refractivity contribution >= 4 is 27.6 Å². The van der Waals surface area contributed by atoms with Gasteiger partial charge in [0, 0.05) is 25.3 Å². The fraction of sp³-hybridized carbons (Fsp3) is 0.231. The van der Waals surface area contributed by atoms with Crippen LogP contribution in [0.3, 0.4) is 0 Å². The summed E-state index contributed by atoms with van der Waals surface area (Å²) in [5, 5.41) is 0. The minimum absolute atomic E-state index is 0.0288. The molecule has 8 heteroatoms. The van der Waals surface area contributed by atoms with Crippen LogP contribution < -0.4 is 4.90 Å². The smallest absolute Gasteiger partial charge is 0.338 e. The van der Waals surface area contributed by atoms with E-state index in [4.69, 9.17) is 4.74 Å². The number of rotatable bonds is 5. The Balaban J connectivity index is 1.27. The summed E-state index contributed by atoms with van der Waals surface area (Å²) in [5.41, 5.74) is 4.14. The summed E-state index contributed by atoms with van der Waals surface area (Å²) in [7, 11) is -3.79. The highest BCUT2D eigenvalue weighted by Gasteiger charge is 2.29. The van der Waals surface area contributed by atoms with Crippen molar-refractivity contribution in [2.75, 3.05) is 24.6 Å². The topological polar surface area (TPSA) is 84.0 Å². The number of amides is 1. The average molecular weight is 477 g/mol. The van der Waals surface area contributed by atoms with E-state index in [0.717, 1.165) is 28.8 Å². The molecular weight excluding hydrogens is 452 g/mol. The summed E-state index contributed by atoms with van der Waals surface area (Å²) in [6, 6.07) is 21.2. The van der Waals surface area contributed by atoms with Crippen LogP contribution in [-0.2, 0) is 38.9 Å². The summed E-state index contributed by atoms with van der Waals surface area (Å²) >= 11 is 0. The standard InChI is InChI=1S/C26H24N2O5S/c29-25(28-15-13-20-7-3-4-11-24(20)28)18-33-26(30)21-9-5-10-23(16-21)34(31,32)27-14-12-19-6-1-2-8-22(19)17-27/h1-11,16H,12-15,17-18H2. The SMILES string of the molecule is O=C(OCC(=O)N1CCc2ccccc21)c1cccc(S(=O)(=O)N2CCc3ccccc3C2)c1. The van der Waals surface area contributed by atoms with Crippen molar-refractivity contribution in [1.82, 2.24) is 4.31 Å². The fourth-order valence-electron chi connectivity index (χ4n) is 4.49. The Hall–Kier alpha value is -3.49. The summed E-state index contributed by atoms with van der Waals surface area (Å²) in [6.45, 7) is 0.800. The molecule has 0 N–H and O–H groups in total. The van der Waals surface area contributed by atoms with Crippen molar-refractivity contribution < 1.29 is 22.7 Å². The first-order valence-corrected chi connectivity index (χ1v) is 12.6. The second-order valence-electron chi connectivity index (χ2n) is 8.39. The maximum atomic E-state index is 13.2. The molecule has 0 aromatic heterocycles. The first-order chi connectivity index (χ1) is 16.4. The monoisotopic (exact) mass is 476 g/mol. The van der Waals surface area contributed by atoms with E-state index in [1.54, 1.807) is 4.90 Å². The number of hydrogen-bond acceptors (Lipinski definition) is 5. The van der Waals surface area contributed by atoms with Crippen LogP contribution >= 0.6 is 0 Å². The molecule has 0 radical (unpaired) electrons. The predicted octanol–water partition coefficient (Wildman–Crippen LogP) is 3.18. The van der Waals surface area contributed by atoms with Gasteiger partial charge in [-0.15, -0.1) is 0 Å². The zero-order valence-corrected chi connectivity index (χ0v) is 19.3. The predicted molar refractivity (Wildman–Crippen MR) is 127 cm³/mol. The summed E-state index contributed by atoms with van der Waals surface area (Å²) < 4.78 is 33.1. The molecule has 1 amide bonds. The van der Waals surface area contributed by atoms with E-state index >= 15 is 0 Å². The number of para-hydroxylation sites is 1. The van der Waals surface area contributed by atoms with Crippen molar-refractivity contribution in [2.24, 2.45) is 0 Å². The third-order valence-corrected chi connectivity index (χ3v) is 8.16. The van der Waals surface area contributed by atoms with Gasteiger partial charge in [0.1, 0.15) is 0 Å². The molecule has 0 saturated heterocycles. The number of benzene rings is 3. The highest BCUT2D eigenvalue weighted by atomic mass is 32.2. The first-order valence-electron chi connectivity index (χ1n) is 11.2. The van der Waals surface area contributed by atoms with E-state index in [2.05, 4.69) is 0 Å². The van der Waals surface area contributed by atoms with Crippen molar-refractivity contribution in [3.63, 3.8) is 0 Å². The number of hydrogen-bond donors (Lipinski definition) is 0. The molecule has 3 aromatic rings. The van der Waals surface area contributed by atoms with E-state index in [-0.39, 0.29) is 16.4 Å². The van der Waals surface area contributed by atoms with Crippen LogP contribution in [0.25, 0.3) is 0 Å². The number of fused-ring (bicyclic) bond motifs is 2. The Morgan fingerprint density at radius 2 is 1.53 bits per heavy atom. The van der Waals surface area contributed by atoms with Crippen molar-refractivity contribution in [3.8, 4) is 0 Å². The molecule has 174 valence electrons. The molecule has 7 nitrogen and oxygen atoms in total. The molecule has 0 fully saturated rings. The number of carbonyl (C=O) groups is 2. The Kier molecular flexibility index (Phi) is 5.93. The largest absolute Gasteiger partial charge is 0.452 e. The van der Waals surface area contributed by atoms with Gasteiger partial charge in [-0.05, 0) is 53.8 Å². The summed E-state index contributed by atoms with van der Waals surface area (Å²) in [5.74, 6) is -1.05. The molecule has 34 heavy (non-hydrogen) atoms. The van der Waals surface area contributed by atoms with Crippen LogP contribution in [0, 0.1) is 0 Å². The molecule has 0 aliphatic carbocycles. The van der Waals surface area contributed by atoms with Gasteiger partial charge in [-0.2, -0.15) is 4.31 Å². The van der Waals surface area contributed by atoms with Gasteiger partial charge in [0.15, 0.2) is 6.61 Å². The quantitative estimate of drug-likeness (QED) is 0.528. The van der Waals surface area contributed by atoms with Gasteiger partial charge in [0.2, 0.25) is 10.0 Å². The lowest BCUT2D eigenvalue weighted by Gasteiger charge is -2.28. The molecule has 0 saturated carbocycles. The molecule has 2 aliphatic heterocycles. The summed E-state index contributed by atoms with van der Waals surface area (Å²) in [4.78, 5) is 26.9. The van der Waals surface area contributed by atoms with Gasteiger partial charge < -0.3 is 9.64 Å². The van der Waals surface area contributed by atoms with E-state index in [9.17, 15) is 18.0 Å². The molecule has 0 spiro atoms. The maximum Gasteiger partial charge on any atom is 0.338 e. The molecule has 2 heterocycles. The molecular formula is C26H24N2O5S. The van der Waals surface area contributed by atoms with Crippen LogP contribution in [0.1, 0.15) is 27.0 Å². The maximum absolute atomic E-state index is 13.2. The minimum Gasteiger partial charge on any atom is -0.452 e. The van der Waals surface area contributed by atoms with Crippen molar-refractivity contribution in [2.45, 2.75) is 24.3 Å². The second-order valence-corrected chi connectivity index (χ2v) is 10.3. The third-order valence-electron chi connectivity index (χ3n) is 6.32. The lowest BCUT2D eigenvalue weighted by molar-refractivity contribution is -0.121. The van der Waals surface area contributed by atoms with Crippen LogP contribution in [0.15, 0.2) is 77.7 Å².